The molecule has 0 atom stereocenters. The van der Waals surface area contributed by atoms with Crippen molar-refractivity contribution in [2.45, 2.75) is 26.2 Å². The van der Waals surface area contributed by atoms with Crippen molar-refractivity contribution in [1.29, 1.82) is 0 Å². The monoisotopic (exact) mass is 424 g/mol. The van der Waals surface area contributed by atoms with Crippen LogP contribution in [0.5, 0.6) is 0 Å². The van der Waals surface area contributed by atoms with Gasteiger partial charge in [0.1, 0.15) is 0 Å². The van der Waals surface area contributed by atoms with E-state index in [2.05, 4.69) is 26.6 Å². The van der Waals surface area contributed by atoms with Gasteiger partial charge in [0, 0.05) is 29.5 Å². The van der Waals surface area contributed by atoms with Gasteiger partial charge in [-0.25, -0.2) is 8.78 Å². The Morgan fingerprint density at radius 3 is 2.50 bits per heavy atom. The summed E-state index contributed by atoms with van der Waals surface area (Å²) in [5, 5.41) is 5.44. The zero-order chi connectivity index (χ0) is 19.1. The van der Waals surface area contributed by atoms with Crippen LogP contribution in [-0.4, -0.2) is 18.4 Å². The maximum atomic E-state index is 13.1. The van der Waals surface area contributed by atoms with Gasteiger partial charge in [-0.05, 0) is 48.7 Å². The van der Waals surface area contributed by atoms with Crippen molar-refractivity contribution in [1.82, 2.24) is 5.32 Å². The number of carbonyl (C=O) groups excluding carboxylic acids is 2. The van der Waals surface area contributed by atoms with Crippen molar-refractivity contribution in [2.24, 2.45) is 0 Å². The van der Waals surface area contributed by atoms with Crippen molar-refractivity contribution in [3.8, 4) is 0 Å². The van der Waals surface area contributed by atoms with Crippen molar-refractivity contribution in [3.05, 3.63) is 63.6 Å². The van der Waals surface area contributed by atoms with Crippen LogP contribution >= 0.6 is 15.9 Å². The molecule has 0 saturated carbocycles. The van der Waals surface area contributed by atoms with Crippen LogP contribution in [-0.2, 0) is 16.0 Å². The van der Waals surface area contributed by atoms with E-state index in [0.29, 0.717) is 17.7 Å². The van der Waals surface area contributed by atoms with Gasteiger partial charge < -0.3 is 10.6 Å². The SMILES string of the molecule is Cc1ccc(Br)cc1NC(=O)CCNC(=O)CCc1ccc(F)c(F)c1. The van der Waals surface area contributed by atoms with Gasteiger partial charge in [0.05, 0.1) is 0 Å². The number of benzene rings is 2. The van der Waals surface area contributed by atoms with E-state index in [1.807, 2.05) is 25.1 Å². The lowest BCUT2D eigenvalue weighted by molar-refractivity contribution is -0.121. The molecule has 2 amide bonds. The standard InChI is InChI=1S/C19H19BrF2N2O2/c1-12-2-5-14(20)11-17(12)24-19(26)8-9-23-18(25)7-4-13-3-6-15(21)16(22)10-13/h2-3,5-6,10-11H,4,7-9H2,1H3,(H,23,25)(H,24,26). The van der Waals surface area contributed by atoms with Crippen molar-refractivity contribution in [2.75, 3.05) is 11.9 Å². The Labute approximate surface area is 159 Å². The molecular formula is C19H19BrF2N2O2. The molecule has 0 fully saturated rings. The van der Waals surface area contributed by atoms with E-state index in [-0.39, 0.29) is 31.2 Å². The fourth-order valence-electron chi connectivity index (χ4n) is 2.30. The minimum absolute atomic E-state index is 0.136. The average Bonchev–Trinajstić information content (AvgIpc) is 2.59. The molecule has 2 rings (SSSR count). The summed E-state index contributed by atoms with van der Waals surface area (Å²) in [4.78, 5) is 23.7. The quantitative estimate of drug-likeness (QED) is 0.702. The van der Waals surface area contributed by atoms with E-state index in [9.17, 15) is 18.4 Å². The molecule has 0 radical (unpaired) electrons. The highest BCUT2D eigenvalue weighted by Crippen LogP contribution is 2.20. The highest BCUT2D eigenvalue weighted by molar-refractivity contribution is 9.10. The number of hydrogen-bond acceptors (Lipinski definition) is 2. The Morgan fingerprint density at radius 2 is 1.77 bits per heavy atom. The van der Waals surface area contributed by atoms with Crippen LogP contribution in [0, 0.1) is 18.6 Å². The number of halogens is 3. The first kappa shape index (κ1) is 20.0. The summed E-state index contributed by atoms with van der Waals surface area (Å²) in [6, 6.07) is 9.15. The summed E-state index contributed by atoms with van der Waals surface area (Å²) in [7, 11) is 0. The van der Waals surface area contributed by atoms with E-state index >= 15 is 0 Å². The third kappa shape index (κ3) is 6.22. The molecule has 2 N–H and O–H groups in total. The van der Waals surface area contributed by atoms with E-state index < -0.39 is 11.6 Å². The highest BCUT2D eigenvalue weighted by Gasteiger charge is 2.08. The number of rotatable bonds is 7. The van der Waals surface area contributed by atoms with Crippen LogP contribution < -0.4 is 10.6 Å². The molecule has 0 bridgehead atoms. The molecule has 0 spiro atoms. The van der Waals surface area contributed by atoms with Gasteiger partial charge in [0.2, 0.25) is 11.8 Å². The van der Waals surface area contributed by atoms with Gasteiger partial charge in [-0.1, -0.05) is 28.1 Å². The zero-order valence-electron chi connectivity index (χ0n) is 14.2. The van der Waals surface area contributed by atoms with Crippen LogP contribution in [0.3, 0.4) is 0 Å². The number of carbonyl (C=O) groups is 2. The largest absolute Gasteiger partial charge is 0.356 e. The molecule has 0 saturated heterocycles. The maximum Gasteiger partial charge on any atom is 0.226 e. The van der Waals surface area contributed by atoms with E-state index in [4.69, 9.17) is 0 Å². The molecule has 0 aliphatic rings. The molecule has 26 heavy (non-hydrogen) atoms. The normalized spacial score (nSPS) is 10.5. The molecule has 2 aromatic rings. The van der Waals surface area contributed by atoms with Gasteiger partial charge in [0.25, 0.3) is 0 Å². The Bertz CT molecular complexity index is 812. The summed E-state index contributed by atoms with van der Waals surface area (Å²) in [6.45, 7) is 2.09. The molecule has 7 heteroatoms. The molecule has 0 aromatic heterocycles. The molecule has 0 heterocycles. The average molecular weight is 425 g/mol. The molecule has 2 aromatic carbocycles. The van der Waals surface area contributed by atoms with E-state index in [0.717, 1.165) is 22.2 Å². The highest BCUT2D eigenvalue weighted by atomic mass is 79.9. The number of nitrogens with one attached hydrogen (secondary N) is 2. The van der Waals surface area contributed by atoms with E-state index in [1.165, 1.54) is 6.07 Å². The van der Waals surface area contributed by atoms with Gasteiger partial charge in [-0.15, -0.1) is 0 Å². The summed E-state index contributed by atoms with van der Waals surface area (Å²) >= 11 is 3.35. The molecule has 0 unspecified atom stereocenters. The van der Waals surface area contributed by atoms with Crippen LogP contribution in [0.4, 0.5) is 14.5 Å². The van der Waals surface area contributed by atoms with Crippen molar-refractivity contribution < 1.29 is 18.4 Å². The van der Waals surface area contributed by atoms with Gasteiger partial charge >= 0.3 is 0 Å². The predicted octanol–water partition coefficient (Wildman–Crippen LogP) is 4.11. The zero-order valence-corrected chi connectivity index (χ0v) is 15.8. The second-order valence-corrected chi connectivity index (χ2v) is 6.77. The second kappa shape index (κ2) is 9.43. The Kier molecular flexibility index (Phi) is 7.26. The smallest absolute Gasteiger partial charge is 0.226 e. The Morgan fingerprint density at radius 1 is 1.00 bits per heavy atom. The first-order chi connectivity index (χ1) is 12.3. The molecule has 0 aliphatic heterocycles. The first-order valence-electron chi connectivity index (χ1n) is 8.12. The Balaban J connectivity index is 1.71. The fourth-order valence-corrected chi connectivity index (χ4v) is 2.66. The summed E-state index contributed by atoms with van der Waals surface area (Å²) < 4.78 is 26.8. The van der Waals surface area contributed by atoms with Crippen molar-refractivity contribution >= 4 is 33.4 Å². The molecular weight excluding hydrogens is 406 g/mol. The van der Waals surface area contributed by atoms with Gasteiger partial charge in [-0.3, -0.25) is 9.59 Å². The molecule has 4 nitrogen and oxygen atoms in total. The maximum absolute atomic E-state index is 13.1. The first-order valence-corrected chi connectivity index (χ1v) is 8.91. The summed E-state index contributed by atoms with van der Waals surface area (Å²) in [6.07, 6.45) is 0.576. The number of amides is 2. The fraction of sp³-hybridized carbons (Fsp3) is 0.263. The number of anilines is 1. The number of aryl methyl sites for hydroxylation is 2. The lowest BCUT2D eigenvalue weighted by atomic mass is 10.1. The van der Waals surface area contributed by atoms with Crippen LogP contribution in [0.15, 0.2) is 40.9 Å². The summed E-state index contributed by atoms with van der Waals surface area (Å²) in [5.41, 5.74) is 2.20. The predicted molar refractivity (Wildman–Crippen MR) is 99.8 cm³/mol. The van der Waals surface area contributed by atoms with Gasteiger partial charge in [-0.2, -0.15) is 0 Å². The van der Waals surface area contributed by atoms with Crippen LogP contribution in [0.2, 0.25) is 0 Å². The van der Waals surface area contributed by atoms with Crippen LogP contribution in [0.1, 0.15) is 24.0 Å². The summed E-state index contributed by atoms with van der Waals surface area (Å²) in [5.74, 6) is -2.29. The minimum atomic E-state index is -0.928. The Hall–Kier alpha value is -2.28. The van der Waals surface area contributed by atoms with Crippen LogP contribution in [0.25, 0.3) is 0 Å². The lowest BCUT2D eigenvalue weighted by Gasteiger charge is -2.09. The molecule has 138 valence electrons. The minimum Gasteiger partial charge on any atom is -0.356 e. The lowest BCUT2D eigenvalue weighted by Crippen LogP contribution is -2.27. The third-order valence-electron chi connectivity index (χ3n) is 3.77. The van der Waals surface area contributed by atoms with Crippen molar-refractivity contribution in [3.63, 3.8) is 0 Å². The topological polar surface area (TPSA) is 58.2 Å². The number of hydrogen-bond donors (Lipinski definition) is 2. The second-order valence-electron chi connectivity index (χ2n) is 5.86. The molecule has 0 aliphatic carbocycles. The van der Waals surface area contributed by atoms with E-state index in [1.54, 1.807) is 0 Å². The van der Waals surface area contributed by atoms with Gasteiger partial charge in [0.15, 0.2) is 11.6 Å². The third-order valence-corrected chi connectivity index (χ3v) is 4.27.